The standard InChI is InChI=1S/C25H29NO2/c27-23-13-16-26(17-14-23)15-1-2-25(28)24-18-21-8-7-19-3-5-20(6-4-19)9-11-22(24)12-10-21/h3-6,10,12,18H,1-2,7-9,11,13-17H2. The largest absolute Gasteiger partial charge is 0.302 e. The molecule has 1 aliphatic heterocycles. The molecular formula is C25H29NO2. The van der Waals surface area contributed by atoms with Crippen molar-refractivity contribution >= 4 is 11.6 Å². The number of likely N-dealkylation sites (tertiary alicyclic amines) is 1. The summed E-state index contributed by atoms with van der Waals surface area (Å²) in [6.07, 6.45) is 6.67. The molecule has 146 valence electrons. The van der Waals surface area contributed by atoms with Gasteiger partial charge in [0.2, 0.25) is 0 Å². The maximum atomic E-state index is 13.0. The number of Topliss-reactive ketones (excluding diaryl/α,β-unsaturated/α-hetero) is 2. The first-order valence-electron chi connectivity index (χ1n) is 10.6. The van der Waals surface area contributed by atoms with E-state index in [1.165, 1.54) is 22.3 Å². The molecule has 5 aliphatic rings. The second-order valence-corrected chi connectivity index (χ2v) is 8.22. The van der Waals surface area contributed by atoms with E-state index in [2.05, 4.69) is 47.4 Å². The van der Waals surface area contributed by atoms with Gasteiger partial charge >= 0.3 is 0 Å². The number of hydrogen-bond acceptors (Lipinski definition) is 3. The predicted molar refractivity (Wildman–Crippen MR) is 112 cm³/mol. The third kappa shape index (κ3) is 4.77. The fourth-order valence-corrected chi connectivity index (χ4v) is 4.32. The zero-order valence-corrected chi connectivity index (χ0v) is 16.6. The van der Waals surface area contributed by atoms with Gasteiger partial charge in [-0.05, 0) is 67.0 Å². The van der Waals surface area contributed by atoms with Gasteiger partial charge in [-0.15, -0.1) is 0 Å². The quantitative estimate of drug-likeness (QED) is 0.735. The fraction of sp³-hybridized carbons (Fsp3) is 0.440. The van der Waals surface area contributed by atoms with Crippen molar-refractivity contribution in [3.05, 3.63) is 70.3 Å². The first-order chi connectivity index (χ1) is 13.7. The van der Waals surface area contributed by atoms with Crippen molar-refractivity contribution in [3.8, 4) is 0 Å². The van der Waals surface area contributed by atoms with Crippen LogP contribution in [0.3, 0.4) is 0 Å². The highest BCUT2D eigenvalue weighted by Gasteiger charge is 2.17. The molecule has 4 bridgehead atoms. The van der Waals surface area contributed by atoms with Crippen LogP contribution in [-0.4, -0.2) is 36.1 Å². The topological polar surface area (TPSA) is 37.4 Å². The maximum Gasteiger partial charge on any atom is 0.163 e. The Morgan fingerprint density at radius 2 is 1.39 bits per heavy atom. The zero-order valence-electron chi connectivity index (χ0n) is 16.6. The van der Waals surface area contributed by atoms with Crippen LogP contribution in [0.5, 0.6) is 0 Å². The van der Waals surface area contributed by atoms with Crippen LogP contribution in [0, 0.1) is 0 Å². The van der Waals surface area contributed by atoms with E-state index in [1.54, 1.807) is 0 Å². The van der Waals surface area contributed by atoms with Crippen molar-refractivity contribution in [3.63, 3.8) is 0 Å². The lowest BCUT2D eigenvalue weighted by molar-refractivity contribution is -0.121. The number of carbonyl (C=O) groups is 2. The van der Waals surface area contributed by atoms with Crippen molar-refractivity contribution in [2.75, 3.05) is 19.6 Å². The number of aryl methyl sites for hydroxylation is 4. The Morgan fingerprint density at radius 3 is 2.11 bits per heavy atom. The molecule has 0 radical (unpaired) electrons. The van der Waals surface area contributed by atoms with Crippen LogP contribution in [0.15, 0.2) is 42.5 Å². The lowest BCUT2D eigenvalue weighted by Gasteiger charge is -2.25. The highest BCUT2D eigenvalue weighted by atomic mass is 16.1. The summed E-state index contributed by atoms with van der Waals surface area (Å²) in [6.45, 7) is 2.62. The van der Waals surface area contributed by atoms with Gasteiger partial charge < -0.3 is 4.90 Å². The average molecular weight is 376 g/mol. The lowest BCUT2D eigenvalue weighted by atomic mass is 9.91. The van der Waals surface area contributed by atoms with Crippen molar-refractivity contribution < 1.29 is 9.59 Å². The smallest absolute Gasteiger partial charge is 0.163 e. The van der Waals surface area contributed by atoms with E-state index in [9.17, 15) is 9.59 Å². The van der Waals surface area contributed by atoms with Crippen molar-refractivity contribution in [1.29, 1.82) is 0 Å². The summed E-state index contributed by atoms with van der Waals surface area (Å²) in [5.41, 5.74) is 6.07. The highest BCUT2D eigenvalue weighted by Crippen LogP contribution is 2.21. The second kappa shape index (κ2) is 8.83. The summed E-state index contributed by atoms with van der Waals surface area (Å²) in [5.74, 6) is 0.646. The highest BCUT2D eigenvalue weighted by molar-refractivity contribution is 5.97. The summed E-state index contributed by atoms with van der Waals surface area (Å²) in [5, 5.41) is 0. The van der Waals surface area contributed by atoms with Crippen LogP contribution in [0.4, 0.5) is 0 Å². The average Bonchev–Trinajstić information content (AvgIpc) is 2.71. The Morgan fingerprint density at radius 1 is 0.786 bits per heavy atom. The van der Waals surface area contributed by atoms with E-state index in [0.717, 1.165) is 57.3 Å². The van der Waals surface area contributed by atoms with Gasteiger partial charge in [0.05, 0.1) is 0 Å². The van der Waals surface area contributed by atoms with Crippen molar-refractivity contribution in [2.24, 2.45) is 0 Å². The molecule has 0 N–H and O–H groups in total. The SMILES string of the molecule is O=C1CCN(CCCC(=O)c2cc3ccc2CCc2ccc(cc2)CC3)CC1. The Hall–Kier alpha value is -2.26. The van der Waals surface area contributed by atoms with Crippen LogP contribution in [0.25, 0.3) is 0 Å². The molecule has 1 heterocycles. The summed E-state index contributed by atoms with van der Waals surface area (Å²) >= 11 is 0. The molecule has 2 aromatic carbocycles. The Bertz CT molecular complexity index is 843. The molecule has 7 rings (SSSR count). The van der Waals surface area contributed by atoms with E-state index in [0.29, 0.717) is 25.0 Å². The van der Waals surface area contributed by atoms with Gasteiger partial charge in [0.1, 0.15) is 5.78 Å². The van der Waals surface area contributed by atoms with E-state index >= 15 is 0 Å². The first-order valence-corrected chi connectivity index (χ1v) is 10.6. The maximum absolute atomic E-state index is 13.0. The van der Waals surface area contributed by atoms with Gasteiger partial charge in [-0.25, -0.2) is 0 Å². The van der Waals surface area contributed by atoms with Gasteiger partial charge in [0.15, 0.2) is 5.78 Å². The molecule has 0 saturated carbocycles. The molecule has 1 saturated heterocycles. The van der Waals surface area contributed by atoms with Crippen LogP contribution in [-0.2, 0) is 30.5 Å². The van der Waals surface area contributed by atoms with Gasteiger partial charge in [-0.2, -0.15) is 0 Å². The molecule has 0 amide bonds. The molecule has 28 heavy (non-hydrogen) atoms. The number of nitrogens with zero attached hydrogens (tertiary/aromatic N) is 1. The Balaban J connectivity index is 1.42. The lowest BCUT2D eigenvalue weighted by Crippen LogP contribution is -2.34. The molecule has 0 spiro atoms. The fourth-order valence-electron chi connectivity index (χ4n) is 4.32. The van der Waals surface area contributed by atoms with Crippen LogP contribution >= 0.6 is 0 Å². The number of benzene rings is 2. The zero-order chi connectivity index (χ0) is 19.3. The number of rotatable bonds is 5. The summed E-state index contributed by atoms with van der Waals surface area (Å²) in [7, 11) is 0. The molecule has 0 atom stereocenters. The predicted octanol–water partition coefficient (Wildman–Crippen LogP) is 4.20. The molecule has 1 fully saturated rings. The number of ketones is 2. The summed E-state index contributed by atoms with van der Waals surface area (Å²) in [6, 6.07) is 15.5. The van der Waals surface area contributed by atoms with Crippen molar-refractivity contribution in [2.45, 2.75) is 51.4 Å². The summed E-state index contributed by atoms with van der Waals surface area (Å²) < 4.78 is 0. The molecule has 4 aliphatic carbocycles. The number of carbonyl (C=O) groups excluding carboxylic acids is 2. The number of piperidine rings is 1. The molecule has 3 heteroatoms. The van der Waals surface area contributed by atoms with Crippen LogP contribution in [0.2, 0.25) is 0 Å². The minimum absolute atomic E-state index is 0.274. The third-order valence-electron chi connectivity index (χ3n) is 6.17. The summed E-state index contributed by atoms with van der Waals surface area (Å²) in [4.78, 5) is 26.7. The molecule has 3 nitrogen and oxygen atoms in total. The van der Waals surface area contributed by atoms with Crippen molar-refractivity contribution in [1.82, 2.24) is 4.90 Å². The van der Waals surface area contributed by atoms with E-state index in [1.807, 2.05) is 0 Å². The molecule has 2 aromatic rings. The third-order valence-corrected chi connectivity index (χ3v) is 6.17. The second-order valence-electron chi connectivity index (χ2n) is 8.22. The Labute approximate surface area is 167 Å². The van der Waals surface area contributed by atoms with Gasteiger partial charge in [0.25, 0.3) is 0 Å². The molecular weight excluding hydrogens is 346 g/mol. The van der Waals surface area contributed by atoms with Crippen LogP contribution in [0.1, 0.15) is 58.3 Å². The molecule has 0 aromatic heterocycles. The monoisotopic (exact) mass is 375 g/mol. The van der Waals surface area contributed by atoms with Gasteiger partial charge in [-0.1, -0.05) is 36.4 Å². The number of hydrogen-bond donors (Lipinski definition) is 0. The minimum Gasteiger partial charge on any atom is -0.302 e. The van der Waals surface area contributed by atoms with Gasteiger partial charge in [0, 0.05) is 37.9 Å². The first kappa shape index (κ1) is 19.1. The van der Waals surface area contributed by atoms with Crippen LogP contribution < -0.4 is 0 Å². The van der Waals surface area contributed by atoms with E-state index in [4.69, 9.17) is 0 Å². The van der Waals surface area contributed by atoms with Gasteiger partial charge in [-0.3, -0.25) is 9.59 Å². The van der Waals surface area contributed by atoms with E-state index < -0.39 is 0 Å². The molecule has 0 unspecified atom stereocenters. The van der Waals surface area contributed by atoms with E-state index in [-0.39, 0.29) is 5.78 Å². The Kier molecular flexibility index (Phi) is 6.01. The minimum atomic E-state index is 0.274. The normalized spacial score (nSPS) is 17.4.